The summed E-state index contributed by atoms with van der Waals surface area (Å²) in [6.45, 7) is 2.06. The average Bonchev–Trinajstić information content (AvgIpc) is 3.14. The van der Waals surface area contributed by atoms with E-state index in [1.807, 2.05) is 30.3 Å². The van der Waals surface area contributed by atoms with E-state index in [2.05, 4.69) is 20.7 Å². The van der Waals surface area contributed by atoms with E-state index in [0.29, 0.717) is 31.2 Å². The van der Waals surface area contributed by atoms with Gasteiger partial charge in [-0.15, -0.1) is 0 Å². The van der Waals surface area contributed by atoms with Crippen LogP contribution in [0.25, 0.3) is 0 Å². The van der Waals surface area contributed by atoms with Crippen molar-refractivity contribution < 1.29 is 9.59 Å². The first-order chi connectivity index (χ1) is 13.5. The lowest BCUT2D eigenvalue weighted by molar-refractivity contribution is -0.120. The van der Waals surface area contributed by atoms with E-state index < -0.39 is 0 Å². The first-order valence-corrected chi connectivity index (χ1v) is 9.07. The molecule has 9 nitrogen and oxygen atoms in total. The zero-order chi connectivity index (χ0) is 20.1. The number of carbonyl (C=O) groups excluding carboxylic acids is 2. The number of benzene rings is 1. The summed E-state index contributed by atoms with van der Waals surface area (Å²) in [7, 11) is 5.14. The van der Waals surface area contributed by atoms with Crippen LogP contribution in [0, 0.1) is 0 Å². The summed E-state index contributed by atoms with van der Waals surface area (Å²) in [6.07, 6.45) is 3.53. The Kier molecular flexibility index (Phi) is 5.93. The largest absolute Gasteiger partial charge is 0.355 e. The van der Waals surface area contributed by atoms with Crippen LogP contribution < -0.4 is 15.5 Å². The molecule has 0 bridgehead atoms. The lowest BCUT2D eigenvalue weighted by Gasteiger charge is -2.35. The first kappa shape index (κ1) is 19.4. The number of nitrogens with one attached hydrogen (secondary N) is 2. The van der Waals surface area contributed by atoms with Crippen molar-refractivity contribution in [2.75, 3.05) is 38.6 Å². The highest BCUT2D eigenvalue weighted by atomic mass is 16.2. The normalized spacial score (nSPS) is 15.0. The number of aliphatic imine (C=N–C) groups is 1. The van der Waals surface area contributed by atoms with Crippen LogP contribution in [0.4, 0.5) is 5.69 Å². The Morgan fingerprint density at radius 2 is 2.00 bits per heavy atom. The molecule has 0 aliphatic carbocycles. The molecule has 28 heavy (non-hydrogen) atoms. The van der Waals surface area contributed by atoms with Crippen LogP contribution in [0.2, 0.25) is 0 Å². The molecule has 2 N–H and O–H groups in total. The van der Waals surface area contributed by atoms with Gasteiger partial charge in [-0.2, -0.15) is 5.10 Å². The summed E-state index contributed by atoms with van der Waals surface area (Å²) in [5.41, 5.74) is 2.45. The lowest BCUT2D eigenvalue weighted by atomic mass is 10.1. The molecule has 0 radical (unpaired) electrons. The number of amides is 2. The zero-order valence-corrected chi connectivity index (χ0v) is 16.3. The molecular weight excluding hydrogens is 358 g/mol. The monoisotopic (exact) mass is 383 g/mol. The van der Waals surface area contributed by atoms with E-state index in [4.69, 9.17) is 0 Å². The van der Waals surface area contributed by atoms with E-state index in [9.17, 15) is 9.59 Å². The molecule has 3 rings (SSSR count). The summed E-state index contributed by atoms with van der Waals surface area (Å²) < 4.78 is 1.69. The van der Waals surface area contributed by atoms with Crippen molar-refractivity contribution in [2.45, 2.75) is 6.54 Å². The highest BCUT2D eigenvalue weighted by molar-refractivity contribution is 5.98. The minimum Gasteiger partial charge on any atom is -0.355 e. The van der Waals surface area contributed by atoms with Crippen molar-refractivity contribution in [1.82, 2.24) is 25.3 Å². The maximum atomic E-state index is 12.6. The third-order valence-electron chi connectivity index (χ3n) is 4.63. The Bertz CT molecular complexity index is 873. The Hall–Kier alpha value is -3.36. The molecule has 2 heterocycles. The van der Waals surface area contributed by atoms with Gasteiger partial charge in [0.05, 0.1) is 11.9 Å². The topological polar surface area (TPSA) is 94.9 Å². The first-order valence-electron chi connectivity index (χ1n) is 9.07. The van der Waals surface area contributed by atoms with Gasteiger partial charge in [-0.1, -0.05) is 12.1 Å². The number of rotatable bonds is 4. The molecule has 0 unspecified atom stereocenters. The van der Waals surface area contributed by atoms with Crippen LogP contribution in [0.5, 0.6) is 0 Å². The Morgan fingerprint density at radius 1 is 1.25 bits per heavy atom. The fourth-order valence-corrected chi connectivity index (χ4v) is 3.11. The van der Waals surface area contributed by atoms with Crippen molar-refractivity contribution in [3.8, 4) is 0 Å². The second-order valence-electron chi connectivity index (χ2n) is 6.52. The number of piperazine rings is 1. The molecule has 1 aromatic carbocycles. The third kappa shape index (κ3) is 4.30. The molecule has 0 atom stereocenters. The van der Waals surface area contributed by atoms with E-state index in [1.165, 1.54) is 0 Å². The van der Waals surface area contributed by atoms with Gasteiger partial charge in [0.1, 0.15) is 6.54 Å². The fraction of sp³-hybridized carbons (Fsp3) is 0.368. The number of aromatic nitrogens is 2. The van der Waals surface area contributed by atoms with Crippen molar-refractivity contribution in [2.24, 2.45) is 12.0 Å². The SMILES string of the molecule is CN=C(NCc1ccc(C(=O)NC)cc1)N1CCN(c2cnn(C)c2)C(=O)C1. The summed E-state index contributed by atoms with van der Waals surface area (Å²) in [6, 6.07) is 7.37. The van der Waals surface area contributed by atoms with E-state index in [0.717, 1.165) is 11.3 Å². The summed E-state index contributed by atoms with van der Waals surface area (Å²) in [5, 5.41) is 10.0. The highest BCUT2D eigenvalue weighted by Crippen LogP contribution is 2.16. The second-order valence-corrected chi connectivity index (χ2v) is 6.52. The number of hydrogen-bond acceptors (Lipinski definition) is 4. The molecule has 1 saturated heterocycles. The zero-order valence-electron chi connectivity index (χ0n) is 16.3. The van der Waals surface area contributed by atoms with Gasteiger partial charge < -0.3 is 20.4 Å². The van der Waals surface area contributed by atoms with E-state index >= 15 is 0 Å². The van der Waals surface area contributed by atoms with Gasteiger partial charge in [-0.3, -0.25) is 19.3 Å². The molecule has 1 aliphatic heterocycles. The van der Waals surface area contributed by atoms with Gasteiger partial charge in [0.15, 0.2) is 5.96 Å². The van der Waals surface area contributed by atoms with E-state index in [1.54, 1.807) is 42.0 Å². The predicted octanol–water partition coefficient (Wildman–Crippen LogP) is 0.204. The summed E-state index contributed by atoms with van der Waals surface area (Å²) >= 11 is 0. The van der Waals surface area contributed by atoms with Crippen LogP contribution >= 0.6 is 0 Å². The molecule has 9 heteroatoms. The quantitative estimate of drug-likeness (QED) is 0.581. The van der Waals surface area contributed by atoms with Crippen molar-refractivity contribution in [3.63, 3.8) is 0 Å². The molecule has 0 spiro atoms. The third-order valence-corrected chi connectivity index (χ3v) is 4.63. The second kappa shape index (κ2) is 8.55. The Balaban J connectivity index is 1.57. The maximum absolute atomic E-state index is 12.6. The van der Waals surface area contributed by atoms with Gasteiger partial charge in [-0.05, 0) is 17.7 Å². The van der Waals surface area contributed by atoms with Crippen molar-refractivity contribution in [3.05, 3.63) is 47.8 Å². The fourth-order valence-electron chi connectivity index (χ4n) is 3.11. The van der Waals surface area contributed by atoms with E-state index in [-0.39, 0.29) is 18.4 Å². The lowest BCUT2D eigenvalue weighted by Crippen LogP contribution is -2.55. The van der Waals surface area contributed by atoms with Gasteiger partial charge in [-0.25, -0.2) is 0 Å². The molecule has 1 aliphatic rings. The standard InChI is InChI=1S/C19H25N7O2/c1-20-18(28)15-6-4-14(5-7-15)10-22-19(21-2)25-8-9-26(17(27)13-25)16-11-23-24(3)12-16/h4-7,11-12H,8-10,13H2,1-3H3,(H,20,28)(H,21,22). The highest BCUT2D eigenvalue weighted by Gasteiger charge is 2.27. The molecular formula is C19H25N7O2. The van der Waals surface area contributed by atoms with Gasteiger partial charge in [0, 0.05) is 52.5 Å². The number of carbonyl (C=O) groups is 2. The molecule has 0 saturated carbocycles. The predicted molar refractivity (Wildman–Crippen MR) is 107 cm³/mol. The Morgan fingerprint density at radius 3 is 2.57 bits per heavy atom. The van der Waals surface area contributed by atoms with Crippen LogP contribution in [0.1, 0.15) is 15.9 Å². The minimum atomic E-state index is -0.111. The van der Waals surface area contributed by atoms with Gasteiger partial charge in [0.25, 0.3) is 5.91 Å². The number of nitrogens with zero attached hydrogens (tertiary/aromatic N) is 5. The molecule has 148 valence electrons. The summed E-state index contributed by atoms with van der Waals surface area (Å²) in [4.78, 5) is 32.2. The summed E-state index contributed by atoms with van der Waals surface area (Å²) in [5.74, 6) is 0.576. The Labute approximate surface area is 164 Å². The number of aryl methyl sites for hydroxylation is 1. The molecule has 1 aromatic heterocycles. The van der Waals surface area contributed by atoms with Gasteiger partial charge >= 0.3 is 0 Å². The number of hydrogen-bond donors (Lipinski definition) is 2. The van der Waals surface area contributed by atoms with Crippen LogP contribution in [0.3, 0.4) is 0 Å². The minimum absolute atomic E-state index is 0.0112. The van der Waals surface area contributed by atoms with Crippen molar-refractivity contribution in [1.29, 1.82) is 0 Å². The molecule has 1 fully saturated rings. The van der Waals surface area contributed by atoms with Crippen LogP contribution in [-0.2, 0) is 18.4 Å². The molecule has 2 aromatic rings. The number of anilines is 1. The molecule has 2 amide bonds. The maximum Gasteiger partial charge on any atom is 0.251 e. The average molecular weight is 383 g/mol. The van der Waals surface area contributed by atoms with Crippen LogP contribution in [-0.4, -0.2) is 66.2 Å². The van der Waals surface area contributed by atoms with Gasteiger partial charge in [0.2, 0.25) is 5.91 Å². The van der Waals surface area contributed by atoms with Crippen molar-refractivity contribution >= 4 is 23.5 Å². The number of guanidine groups is 1. The smallest absolute Gasteiger partial charge is 0.251 e. The van der Waals surface area contributed by atoms with Crippen LogP contribution in [0.15, 0.2) is 41.7 Å².